The van der Waals surface area contributed by atoms with Crippen LogP contribution in [0.1, 0.15) is 19.3 Å². The van der Waals surface area contributed by atoms with E-state index in [9.17, 15) is 0 Å². The first-order valence-electron chi connectivity index (χ1n) is 4.95. The molecular formula is C10H14N2O2. The molecule has 76 valence electrons. The summed E-state index contributed by atoms with van der Waals surface area (Å²) in [5.41, 5.74) is 0. The molecule has 4 heteroatoms. The minimum Gasteiger partial charge on any atom is -0.475 e. The first-order chi connectivity index (χ1) is 6.95. The third kappa shape index (κ3) is 2.67. The van der Waals surface area contributed by atoms with E-state index in [0.29, 0.717) is 12.5 Å². The average molecular weight is 194 g/mol. The van der Waals surface area contributed by atoms with Gasteiger partial charge in [-0.25, -0.2) is 9.97 Å². The van der Waals surface area contributed by atoms with Crippen molar-refractivity contribution < 1.29 is 9.47 Å². The zero-order valence-corrected chi connectivity index (χ0v) is 8.06. The highest BCUT2D eigenvalue weighted by Gasteiger charge is 2.14. The SMILES string of the molecule is c1cc(OCC2CCCCO2)ncn1. The second kappa shape index (κ2) is 4.91. The normalized spacial score (nSPS) is 21.9. The van der Waals surface area contributed by atoms with Crippen molar-refractivity contribution in [1.29, 1.82) is 0 Å². The first kappa shape index (κ1) is 9.40. The van der Waals surface area contributed by atoms with E-state index in [2.05, 4.69) is 9.97 Å². The molecule has 1 atom stereocenters. The standard InChI is InChI=1S/C10H14N2O2/c1-2-6-13-9(3-1)7-14-10-4-5-11-8-12-10/h4-5,8-9H,1-3,6-7H2. The molecular weight excluding hydrogens is 180 g/mol. The highest BCUT2D eigenvalue weighted by Crippen LogP contribution is 2.13. The number of aromatic nitrogens is 2. The lowest BCUT2D eigenvalue weighted by Gasteiger charge is -2.22. The van der Waals surface area contributed by atoms with E-state index in [4.69, 9.17) is 9.47 Å². The summed E-state index contributed by atoms with van der Waals surface area (Å²) in [4.78, 5) is 7.79. The predicted molar refractivity (Wildman–Crippen MR) is 51.1 cm³/mol. The van der Waals surface area contributed by atoms with Gasteiger partial charge in [-0.1, -0.05) is 0 Å². The van der Waals surface area contributed by atoms with Gasteiger partial charge in [-0.2, -0.15) is 0 Å². The van der Waals surface area contributed by atoms with Crippen molar-refractivity contribution in [3.8, 4) is 5.88 Å². The third-order valence-electron chi connectivity index (χ3n) is 2.25. The maximum atomic E-state index is 5.53. The summed E-state index contributed by atoms with van der Waals surface area (Å²) in [7, 11) is 0. The van der Waals surface area contributed by atoms with Crippen LogP contribution < -0.4 is 4.74 Å². The highest BCUT2D eigenvalue weighted by molar-refractivity contribution is 5.04. The molecule has 1 fully saturated rings. The van der Waals surface area contributed by atoms with Gasteiger partial charge in [0.05, 0.1) is 6.10 Å². The van der Waals surface area contributed by atoms with Gasteiger partial charge in [-0.05, 0) is 19.3 Å². The Bertz CT molecular complexity index is 260. The van der Waals surface area contributed by atoms with E-state index in [1.165, 1.54) is 19.2 Å². The average Bonchev–Trinajstić information content (AvgIpc) is 2.29. The molecule has 0 saturated carbocycles. The summed E-state index contributed by atoms with van der Waals surface area (Å²) in [6, 6.07) is 1.75. The molecule has 1 aromatic heterocycles. The Morgan fingerprint density at radius 3 is 3.21 bits per heavy atom. The molecule has 1 saturated heterocycles. The lowest BCUT2D eigenvalue weighted by Crippen LogP contribution is -2.25. The van der Waals surface area contributed by atoms with Gasteiger partial charge in [0.2, 0.25) is 5.88 Å². The number of hydrogen-bond donors (Lipinski definition) is 0. The number of ether oxygens (including phenoxy) is 2. The lowest BCUT2D eigenvalue weighted by atomic mass is 10.1. The van der Waals surface area contributed by atoms with Crippen LogP contribution in [0, 0.1) is 0 Å². The molecule has 1 aromatic rings. The highest BCUT2D eigenvalue weighted by atomic mass is 16.5. The van der Waals surface area contributed by atoms with Crippen molar-refractivity contribution in [3.05, 3.63) is 18.6 Å². The van der Waals surface area contributed by atoms with Crippen LogP contribution in [0.2, 0.25) is 0 Å². The van der Waals surface area contributed by atoms with Gasteiger partial charge in [0.1, 0.15) is 12.9 Å². The second-order valence-corrected chi connectivity index (χ2v) is 3.35. The zero-order valence-electron chi connectivity index (χ0n) is 8.06. The van der Waals surface area contributed by atoms with Crippen LogP contribution in [0.4, 0.5) is 0 Å². The molecule has 0 aromatic carbocycles. The molecule has 1 aliphatic rings. The van der Waals surface area contributed by atoms with E-state index in [1.807, 2.05) is 0 Å². The van der Waals surface area contributed by atoms with Gasteiger partial charge in [0.25, 0.3) is 0 Å². The van der Waals surface area contributed by atoms with Crippen molar-refractivity contribution in [3.63, 3.8) is 0 Å². The monoisotopic (exact) mass is 194 g/mol. The van der Waals surface area contributed by atoms with Gasteiger partial charge in [0, 0.05) is 18.9 Å². The third-order valence-corrected chi connectivity index (χ3v) is 2.25. The predicted octanol–water partition coefficient (Wildman–Crippen LogP) is 1.42. The Balaban J connectivity index is 1.76. The largest absolute Gasteiger partial charge is 0.475 e. The first-order valence-corrected chi connectivity index (χ1v) is 4.95. The summed E-state index contributed by atoms with van der Waals surface area (Å²) in [5.74, 6) is 0.620. The fourth-order valence-corrected chi connectivity index (χ4v) is 1.48. The quantitative estimate of drug-likeness (QED) is 0.730. The Hall–Kier alpha value is -1.16. The Morgan fingerprint density at radius 2 is 2.50 bits per heavy atom. The molecule has 1 aliphatic heterocycles. The van der Waals surface area contributed by atoms with E-state index in [-0.39, 0.29) is 6.10 Å². The molecule has 14 heavy (non-hydrogen) atoms. The lowest BCUT2D eigenvalue weighted by molar-refractivity contribution is -0.0119. The zero-order chi connectivity index (χ0) is 9.64. The molecule has 0 radical (unpaired) electrons. The minimum atomic E-state index is 0.235. The van der Waals surface area contributed by atoms with Crippen molar-refractivity contribution in [1.82, 2.24) is 9.97 Å². The minimum absolute atomic E-state index is 0.235. The molecule has 0 spiro atoms. The van der Waals surface area contributed by atoms with Gasteiger partial charge in [0.15, 0.2) is 0 Å². The molecule has 1 unspecified atom stereocenters. The number of hydrogen-bond acceptors (Lipinski definition) is 4. The maximum Gasteiger partial charge on any atom is 0.216 e. The van der Waals surface area contributed by atoms with Gasteiger partial charge in [-0.3, -0.25) is 0 Å². The van der Waals surface area contributed by atoms with Crippen LogP contribution in [-0.4, -0.2) is 29.3 Å². The van der Waals surface area contributed by atoms with E-state index in [0.717, 1.165) is 13.0 Å². The summed E-state index contributed by atoms with van der Waals surface area (Å²) in [6.45, 7) is 1.45. The molecule has 2 rings (SSSR count). The summed E-state index contributed by atoms with van der Waals surface area (Å²) in [5, 5.41) is 0. The molecule has 0 amide bonds. The van der Waals surface area contributed by atoms with E-state index in [1.54, 1.807) is 12.3 Å². The molecule has 0 bridgehead atoms. The summed E-state index contributed by atoms with van der Waals surface area (Å²) in [6.07, 6.45) is 6.88. The van der Waals surface area contributed by atoms with Crippen LogP contribution in [0.15, 0.2) is 18.6 Å². The van der Waals surface area contributed by atoms with Crippen LogP contribution in [0.5, 0.6) is 5.88 Å². The maximum absolute atomic E-state index is 5.53. The van der Waals surface area contributed by atoms with Crippen LogP contribution in [-0.2, 0) is 4.74 Å². The van der Waals surface area contributed by atoms with Crippen molar-refractivity contribution in [2.75, 3.05) is 13.2 Å². The van der Waals surface area contributed by atoms with Crippen LogP contribution >= 0.6 is 0 Å². The topological polar surface area (TPSA) is 44.2 Å². The van der Waals surface area contributed by atoms with Gasteiger partial charge >= 0.3 is 0 Å². The Morgan fingerprint density at radius 1 is 1.50 bits per heavy atom. The second-order valence-electron chi connectivity index (χ2n) is 3.35. The van der Waals surface area contributed by atoms with Crippen LogP contribution in [0.3, 0.4) is 0 Å². The summed E-state index contributed by atoms with van der Waals surface area (Å²) >= 11 is 0. The van der Waals surface area contributed by atoms with E-state index < -0.39 is 0 Å². The molecule has 0 N–H and O–H groups in total. The van der Waals surface area contributed by atoms with Crippen molar-refractivity contribution in [2.45, 2.75) is 25.4 Å². The fraction of sp³-hybridized carbons (Fsp3) is 0.600. The van der Waals surface area contributed by atoms with Crippen molar-refractivity contribution >= 4 is 0 Å². The van der Waals surface area contributed by atoms with Crippen molar-refractivity contribution in [2.24, 2.45) is 0 Å². The molecule has 0 aliphatic carbocycles. The Labute approximate surface area is 83.3 Å². The smallest absolute Gasteiger partial charge is 0.216 e. The summed E-state index contributed by atoms with van der Waals surface area (Å²) < 4.78 is 11.0. The number of rotatable bonds is 3. The fourth-order valence-electron chi connectivity index (χ4n) is 1.48. The number of nitrogens with zero attached hydrogens (tertiary/aromatic N) is 2. The van der Waals surface area contributed by atoms with Gasteiger partial charge in [-0.15, -0.1) is 0 Å². The Kier molecular flexibility index (Phi) is 3.29. The van der Waals surface area contributed by atoms with Crippen LogP contribution in [0.25, 0.3) is 0 Å². The van der Waals surface area contributed by atoms with Gasteiger partial charge < -0.3 is 9.47 Å². The molecule has 2 heterocycles. The van der Waals surface area contributed by atoms with E-state index >= 15 is 0 Å². The molecule has 4 nitrogen and oxygen atoms in total.